The molecule has 0 radical (unpaired) electrons. The van der Waals surface area contributed by atoms with E-state index in [1.807, 2.05) is 36.7 Å². The molecule has 0 unspecified atom stereocenters. The number of aromatic nitrogens is 2. The summed E-state index contributed by atoms with van der Waals surface area (Å²) < 4.78 is 3.17. The SMILES string of the molecule is Nc1ccc(Cn2ccnc2-c2cccs2)c(Br)c1. The fourth-order valence-electron chi connectivity index (χ4n) is 1.94. The first-order valence-electron chi connectivity index (χ1n) is 5.83. The van der Waals surface area contributed by atoms with Gasteiger partial charge in [-0.3, -0.25) is 0 Å². The predicted octanol–water partition coefficient (Wildman–Crippen LogP) is 4.00. The number of rotatable bonds is 3. The lowest BCUT2D eigenvalue weighted by atomic mass is 10.2. The van der Waals surface area contributed by atoms with Gasteiger partial charge in [0.1, 0.15) is 5.82 Å². The van der Waals surface area contributed by atoms with E-state index in [1.54, 1.807) is 11.3 Å². The molecule has 0 bridgehead atoms. The van der Waals surface area contributed by atoms with Gasteiger partial charge in [-0.2, -0.15) is 0 Å². The monoisotopic (exact) mass is 333 g/mol. The van der Waals surface area contributed by atoms with Crippen molar-refractivity contribution in [2.24, 2.45) is 0 Å². The average molecular weight is 334 g/mol. The van der Waals surface area contributed by atoms with E-state index in [0.717, 1.165) is 22.5 Å². The Morgan fingerprint density at radius 3 is 2.95 bits per heavy atom. The maximum Gasteiger partial charge on any atom is 0.150 e. The van der Waals surface area contributed by atoms with E-state index >= 15 is 0 Å². The number of nitrogen functional groups attached to an aromatic ring is 1. The molecule has 5 heteroatoms. The van der Waals surface area contributed by atoms with Crippen LogP contribution in [0.15, 0.2) is 52.6 Å². The van der Waals surface area contributed by atoms with Gasteiger partial charge in [-0.25, -0.2) is 4.98 Å². The molecule has 2 aromatic heterocycles. The molecule has 0 saturated carbocycles. The first kappa shape index (κ1) is 12.4. The van der Waals surface area contributed by atoms with Gasteiger partial charge in [0.25, 0.3) is 0 Å². The van der Waals surface area contributed by atoms with Gasteiger partial charge < -0.3 is 10.3 Å². The number of thiophene rings is 1. The molecule has 0 aliphatic carbocycles. The third kappa shape index (κ3) is 2.57. The molecule has 0 aliphatic heterocycles. The normalized spacial score (nSPS) is 10.8. The molecule has 0 aliphatic rings. The van der Waals surface area contributed by atoms with E-state index in [9.17, 15) is 0 Å². The van der Waals surface area contributed by atoms with Crippen molar-refractivity contribution in [2.45, 2.75) is 6.54 Å². The number of nitrogens with two attached hydrogens (primary N) is 1. The van der Waals surface area contributed by atoms with Crippen LogP contribution in [0.4, 0.5) is 5.69 Å². The van der Waals surface area contributed by atoms with Gasteiger partial charge in [-0.15, -0.1) is 11.3 Å². The van der Waals surface area contributed by atoms with Crippen LogP contribution >= 0.6 is 27.3 Å². The molecule has 0 saturated heterocycles. The third-order valence-electron chi connectivity index (χ3n) is 2.87. The van der Waals surface area contributed by atoms with E-state index in [1.165, 1.54) is 10.4 Å². The second-order valence-electron chi connectivity index (χ2n) is 4.21. The average Bonchev–Trinajstić information content (AvgIpc) is 3.03. The minimum atomic E-state index is 0.764. The molecule has 0 spiro atoms. The highest BCUT2D eigenvalue weighted by atomic mass is 79.9. The lowest BCUT2D eigenvalue weighted by Crippen LogP contribution is -2.01. The van der Waals surface area contributed by atoms with E-state index in [0.29, 0.717) is 0 Å². The van der Waals surface area contributed by atoms with Crippen molar-refractivity contribution in [1.29, 1.82) is 0 Å². The number of nitrogens with zero attached hydrogens (tertiary/aromatic N) is 2. The molecular weight excluding hydrogens is 322 g/mol. The zero-order chi connectivity index (χ0) is 13.2. The molecule has 0 fully saturated rings. The second-order valence-corrected chi connectivity index (χ2v) is 6.01. The molecule has 0 atom stereocenters. The quantitative estimate of drug-likeness (QED) is 0.736. The molecular formula is C14H12BrN3S. The van der Waals surface area contributed by atoms with Crippen molar-refractivity contribution >= 4 is 33.0 Å². The van der Waals surface area contributed by atoms with Gasteiger partial charge in [0.2, 0.25) is 0 Å². The lowest BCUT2D eigenvalue weighted by molar-refractivity contribution is 0.805. The van der Waals surface area contributed by atoms with Crippen molar-refractivity contribution in [3.8, 4) is 10.7 Å². The number of halogens is 1. The number of anilines is 1. The lowest BCUT2D eigenvalue weighted by Gasteiger charge is -2.09. The summed E-state index contributed by atoms with van der Waals surface area (Å²) in [5.74, 6) is 0.999. The Hall–Kier alpha value is -1.59. The number of hydrogen-bond acceptors (Lipinski definition) is 3. The van der Waals surface area contributed by atoms with Crippen molar-refractivity contribution in [2.75, 3.05) is 5.73 Å². The Morgan fingerprint density at radius 1 is 1.32 bits per heavy atom. The van der Waals surface area contributed by atoms with Crippen molar-refractivity contribution < 1.29 is 0 Å². The van der Waals surface area contributed by atoms with Crippen LogP contribution in [0, 0.1) is 0 Å². The summed E-state index contributed by atoms with van der Waals surface area (Å²) >= 11 is 5.25. The van der Waals surface area contributed by atoms with Crippen LogP contribution in [0.3, 0.4) is 0 Å². The topological polar surface area (TPSA) is 43.8 Å². The molecule has 3 aromatic rings. The molecule has 2 N–H and O–H groups in total. The van der Waals surface area contributed by atoms with E-state index in [2.05, 4.69) is 36.9 Å². The molecule has 19 heavy (non-hydrogen) atoms. The molecule has 3 nitrogen and oxygen atoms in total. The Kier molecular flexibility index (Phi) is 3.40. The fourth-order valence-corrected chi connectivity index (χ4v) is 3.20. The van der Waals surface area contributed by atoms with Crippen LogP contribution in [0.5, 0.6) is 0 Å². The summed E-state index contributed by atoms with van der Waals surface area (Å²) in [4.78, 5) is 5.61. The third-order valence-corrected chi connectivity index (χ3v) is 4.48. The number of imidazole rings is 1. The maximum absolute atomic E-state index is 5.76. The van der Waals surface area contributed by atoms with E-state index in [-0.39, 0.29) is 0 Å². The zero-order valence-corrected chi connectivity index (χ0v) is 12.5. The highest BCUT2D eigenvalue weighted by Crippen LogP contribution is 2.26. The minimum Gasteiger partial charge on any atom is -0.399 e. The molecule has 96 valence electrons. The van der Waals surface area contributed by atoms with Crippen LogP contribution in [0.1, 0.15) is 5.56 Å². The Bertz CT molecular complexity index is 689. The summed E-state index contributed by atoms with van der Waals surface area (Å²) in [6.07, 6.45) is 3.83. The van der Waals surface area contributed by atoms with Crippen LogP contribution in [-0.2, 0) is 6.54 Å². The van der Waals surface area contributed by atoms with Gasteiger partial charge in [-0.05, 0) is 29.1 Å². The Balaban J connectivity index is 1.94. The van der Waals surface area contributed by atoms with Gasteiger partial charge in [-0.1, -0.05) is 28.1 Å². The van der Waals surface area contributed by atoms with E-state index in [4.69, 9.17) is 5.73 Å². The van der Waals surface area contributed by atoms with Crippen LogP contribution < -0.4 is 5.73 Å². The first-order chi connectivity index (χ1) is 9.24. The number of hydrogen-bond donors (Lipinski definition) is 1. The van der Waals surface area contributed by atoms with E-state index < -0.39 is 0 Å². The maximum atomic E-state index is 5.76. The Labute approximate surface area is 123 Å². The van der Waals surface area contributed by atoms with Gasteiger partial charge in [0.15, 0.2) is 0 Å². The van der Waals surface area contributed by atoms with Gasteiger partial charge >= 0.3 is 0 Å². The fraction of sp³-hybridized carbons (Fsp3) is 0.0714. The van der Waals surface area contributed by atoms with Gasteiger partial charge in [0, 0.05) is 22.6 Å². The first-order valence-corrected chi connectivity index (χ1v) is 7.50. The highest BCUT2D eigenvalue weighted by Gasteiger charge is 2.08. The number of benzene rings is 1. The second kappa shape index (κ2) is 5.19. The standard InChI is InChI=1S/C14H12BrN3S/c15-12-8-11(16)4-3-10(12)9-18-6-5-17-14(18)13-2-1-7-19-13/h1-8H,9,16H2. The minimum absolute atomic E-state index is 0.764. The van der Waals surface area contributed by atoms with Crippen LogP contribution in [-0.4, -0.2) is 9.55 Å². The summed E-state index contributed by atoms with van der Waals surface area (Å²) in [5, 5.41) is 2.06. The van der Waals surface area contributed by atoms with Crippen LogP contribution in [0.2, 0.25) is 0 Å². The Morgan fingerprint density at radius 2 is 2.21 bits per heavy atom. The largest absolute Gasteiger partial charge is 0.399 e. The smallest absolute Gasteiger partial charge is 0.150 e. The summed E-state index contributed by atoms with van der Waals surface area (Å²) in [6, 6.07) is 10.0. The molecule has 3 rings (SSSR count). The predicted molar refractivity (Wildman–Crippen MR) is 83.2 cm³/mol. The molecule has 1 aromatic carbocycles. The van der Waals surface area contributed by atoms with Crippen molar-refractivity contribution in [3.63, 3.8) is 0 Å². The summed E-state index contributed by atoms with van der Waals surface area (Å²) in [5.41, 5.74) is 7.71. The van der Waals surface area contributed by atoms with Crippen molar-refractivity contribution in [3.05, 3.63) is 58.1 Å². The molecule has 2 heterocycles. The highest BCUT2D eigenvalue weighted by molar-refractivity contribution is 9.10. The van der Waals surface area contributed by atoms with Gasteiger partial charge in [0.05, 0.1) is 11.4 Å². The summed E-state index contributed by atoms with van der Waals surface area (Å²) in [7, 11) is 0. The van der Waals surface area contributed by atoms with Crippen LogP contribution in [0.25, 0.3) is 10.7 Å². The molecule has 0 amide bonds. The zero-order valence-electron chi connectivity index (χ0n) is 10.1. The van der Waals surface area contributed by atoms with Crippen molar-refractivity contribution in [1.82, 2.24) is 9.55 Å². The summed E-state index contributed by atoms with van der Waals surface area (Å²) in [6.45, 7) is 0.772.